The number of nitrogens with one attached hydrogen (secondary N) is 1. The van der Waals surface area contributed by atoms with Gasteiger partial charge in [-0.15, -0.1) is 0 Å². The Morgan fingerprint density at radius 3 is 2.92 bits per heavy atom. The van der Waals surface area contributed by atoms with E-state index < -0.39 is 6.10 Å². The minimum Gasteiger partial charge on any atom is -0.390 e. The van der Waals surface area contributed by atoms with E-state index >= 15 is 0 Å². The molecular formula is C18H23N3O2S. The number of imidazole rings is 1. The van der Waals surface area contributed by atoms with Gasteiger partial charge in [0.15, 0.2) is 5.16 Å². The highest BCUT2D eigenvalue weighted by atomic mass is 32.2. The summed E-state index contributed by atoms with van der Waals surface area (Å²) in [5, 5.41) is 14.0. The van der Waals surface area contributed by atoms with Crippen molar-refractivity contribution in [3.05, 3.63) is 47.8 Å². The van der Waals surface area contributed by atoms with Crippen LogP contribution in [-0.2, 0) is 16.8 Å². The summed E-state index contributed by atoms with van der Waals surface area (Å²) in [7, 11) is 0. The van der Waals surface area contributed by atoms with Crippen molar-refractivity contribution in [1.82, 2.24) is 14.9 Å². The molecule has 6 heteroatoms. The second-order valence-corrected chi connectivity index (χ2v) is 8.00. The van der Waals surface area contributed by atoms with Crippen molar-refractivity contribution < 1.29 is 9.90 Å². The molecule has 0 aliphatic heterocycles. The maximum atomic E-state index is 12.3. The number of fused-ring (bicyclic) bond motifs is 1. The predicted molar refractivity (Wildman–Crippen MR) is 95.0 cm³/mol. The Labute approximate surface area is 146 Å². The normalized spacial score (nSPS) is 20.0. The van der Waals surface area contributed by atoms with E-state index in [1.54, 1.807) is 6.20 Å². The van der Waals surface area contributed by atoms with Crippen LogP contribution in [0, 0.1) is 0 Å². The average Bonchev–Trinajstić information content (AvgIpc) is 3.10. The molecular weight excluding hydrogens is 322 g/mol. The highest BCUT2D eigenvalue weighted by Crippen LogP contribution is 2.31. The Kier molecular flexibility index (Phi) is 4.69. The third kappa shape index (κ3) is 3.49. The molecule has 1 aliphatic carbocycles. The van der Waals surface area contributed by atoms with Crippen LogP contribution in [0.15, 0.2) is 41.8 Å². The molecule has 3 rings (SSSR count). The number of amides is 1. The molecule has 2 atom stereocenters. The molecule has 24 heavy (non-hydrogen) atoms. The van der Waals surface area contributed by atoms with Crippen molar-refractivity contribution in [2.24, 2.45) is 0 Å². The molecule has 5 nitrogen and oxygen atoms in total. The van der Waals surface area contributed by atoms with E-state index in [1.165, 1.54) is 11.8 Å². The fraction of sp³-hybridized carbons (Fsp3) is 0.444. The third-order valence-corrected chi connectivity index (χ3v) is 5.15. The van der Waals surface area contributed by atoms with Gasteiger partial charge >= 0.3 is 0 Å². The van der Waals surface area contributed by atoms with Crippen LogP contribution in [0.5, 0.6) is 0 Å². The number of nitrogens with zero attached hydrogens (tertiary/aromatic N) is 2. The van der Waals surface area contributed by atoms with E-state index in [4.69, 9.17) is 0 Å². The molecule has 0 radical (unpaired) electrons. The first-order valence-electron chi connectivity index (χ1n) is 8.08. The SMILES string of the molecule is CC(C)(C)n1ccnc1SCC(=O)NC1c2ccccc2CC1O. The van der Waals surface area contributed by atoms with Crippen molar-refractivity contribution >= 4 is 17.7 Å². The summed E-state index contributed by atoms with van der Waals surface area (Å²) in [6, 6.07) is 7.54. The van der Waals surface area contributed by atoms with Crippen LogP contribution in [0.2, 0.25) is 0 Å². The summed E-state index contributed by atoms with van der Waals surface area (Å²) in [6.07, 6.45) is 3.70. The van der Waals surface area contributed by atoms with E-state index in [0.29, 0.717) is 6.42 Å². The molecule has 1 amide bonds. The molecule has 2 unspecified atom stereocenters. The quantitative estimate of drug-likeness (QED) is 0.836. The first-order chi connectivity index (χ1) is 11.4. The van der Waals surface area contributed by atoms with Crippen LogP contribution in [0.25, 0.3) is 0 Å². The smallest absolute Gasteiger partial charge is 0.231 e. The van der Waals surface area contributed by atoms with Gasteiger partial charge in [-0.25, -0.2) is 4.98 Å². The Balaban J connectivity index is 1.62. The zero-order valence-electron chi connectivity index (χ0n) is 14.2. The average molecular weight is 345 g/mol. The number of aliphatic hydroxyl groups excluding tert-OH is 1. The van der Waals surface area contributed by atoms with Crippen molar-refractivity contribution in [3.8, 4) is 0 Å². The van der Waals surface area contributed by atoms with Gasteiger partial charge in [-0.1, -0.05) is 36.0 Å². The molecule has 128 valence electrons. The van der Waals surface area contributed by atoms with Gasteiger partial charge in [0.2, 0.25) is 5.91 Å². The van der Waals surface area contributed by atoms with Crippen molar-refractivity contribution in [2.45, 2.75) is 50.0 Å². The lowest BCUT2D eigenvalue weighted by Crippen LogP contribution is -2.35. The Bertz CT molecular complexity index is 736. The number of carbonyl (C=O) groups excluding carboxylic acids is 1. The minimum atomic E-state index is -0.562. The number of aliphatic hydroxyl groups is 1. The molecule has 0 saturated carbocycles. The third-order valence-electron chi connectivity index (χ3n) is 4.18. The van der Waals surface area contributed by atoms with E-state index in [0.717, 1.165) is 16.3 Å². The van der Waals surface area contributed by atoms with Gasteiger partial charge in [0.25, 0.3) is 0 Å². The standard InChI is InChI=1S/C18H23N3O2S/c1-18(2,3)21-9-8-19-17(21)24-11-15(23)20-16-13-7-5-4-6-12(13)10-14(16)22/h4-9,14,16,22H,10-11H2,1-3H3,(H,20,23). The molecule has 1 aromatic heterocycles. The molecule has 0 bridgehead atoms. The van der Waals surface area contributed by atoms with Crippen LogP contribution >= 0.6 is 11.8 Å². The van der Waals surface area contributed by atoms with Gasteiger partial charge in [-0.05, 0) is 31.9 Å². The van der Waals surface area contributed by atoms with E-state index in [1.807, 2.05) is 30.5 Å². The number of benzene rings is 1. The van der Waals surface area contributed by atoms with Gasteiger partial charge in [-0.2, -0.15) is 0 Å². The van der Waals surface area contributed by atoms with Crippen LogP contribution in [0.4, 0.5) is 0 Å². The van der Waals surface area contributed by atoms with Gasteiger partial charge < -0.3 is 15.0 Å². The van der Waals surface area contributed by atoms with Crippen LogP contribution < -0.4 is 5.32 Å². The van der Waals surface area contributed by atoms with E-state index in [9.17, 15) is 9.90 Å². The van der Waals surface area contributed by atoms with Gasteiger partial charge in [0.1, 0.15) is 0 Å². The van der Waals surface area contributed by atoms with Crippen molar-refractivity contribution in [2.75, 3.05) is 5.75 Å². The molecule has 1 aliphatic rings. The van der Waals surface area contributed by atoms with Crippen molar-refractivity contribution in [1.29, 1.82) is 0 Å². The minimum absolute atomic E-state index is 0.0735. The largest absolute Gasteiger partial charge is 0.390 e. The summed E-state index contributed by atoms with van der Waals surface area (Å²) in [5.74, 6) is 0.183. The zero-order chi connectivity index (χ0) is 17.3. The lowest BCUT2D eigenvalue weighted by Gasteiger charge is -2.23. The fourth-order valence-corrected chi connectivity index (χ4v) is 3.95. The monoisotopic (exact) mass is 345 g/mol. The summed E-state index contributed by atoms with van der Waals surface area (Å²) >= 11 is 1.41. The number of hydrogen-bond acceptors (Lipinski definition) is 4. The second kappa shape index (κ2) is 6.61. The first-order valence-corrected chi connectivity index (χ1v) is 9.06. The van der Waals surface area contributed by atoms with Crippen molar-refractivity contribution in [3.63, 3.8) is 0 Å². The fourth-order valence-electron chi connectivity index (χ4n) is 3.00. The summed E-state index contributed by atoms with van der Waals surface area (Å²) < 4.78 is 2.06. The van der Waals surface area contributed by atoms with Crippen LogP contribution in [0.1, 0.15) is 37.9 Å². The lowest BCUT2D eigenvalue weighted by atomic mass is 10.1. The summed E-state index contributed by atoms with van der Waals surface area (Å²) in [6.45, 7) is 6.31. The maximum Gasteiger partial charge on any atom is 0.231 e. The molecule has 0 saturated heterocycles. The number of hydrogen-bond donors (Lipinski definition) is 2. The lowest BCUT2D eigenvalue weighted by molar-refractivity contribution is -0.120. The highest BCUT2D eigenvalue weighted by Gasteiger charge is 2.31. The summed E-state index contributed by atoms with van der Waals surface area (Å²) in [5.41, 5.74) is 2.04. The molecule has 2 aromatic rings. The molecule has 0 fully saturated rings. The predicted octanol–water partition coefficient (Wildman–Crippen LogP) is 2.50. The second-order valence-electron chi connectivity index (χ2n) is 7.05. The molecule has 2 N–H and O–H groups in total. The number of carbonyl (C=O) groups is 1. The van der Waals surface area contributed by atoms with Gasteiger partial charge in [0, 0.05) is 24.4 Å². The number of rotatable bonds is 4. The highest BCUT2D eigenvalue weighted by molar-refractivity contribution is 7.99. The zero-order valence-corrected chi connectivity index (χ0v) is 15.0. The molecule has 1 heterocycles. The number of aromatic nitrogens is 2. The van der Waals surface area contributed by atoms with E-state index in [2.05, 4.69) is 35.6 Å². The Morgan fingerprint density at radius 2 is 2.17 bits per heavy atom. The van der Waals surface area contributed by atoms with E-state index in [-0.39, 0.29) is 23.2 Å². The summed E-state index contributed by atoms with van der Waals surface area (Å²) in [4.78, 5) is 16.7. The Morgan fingerprint density at radius 1 is 1.42 bits per heavy atom. The Hall–Kier alpha value is -1.79. The van der Waals surface area contributed by atoms with Crippen LogP contribution in [0.3, 0.4) is 0 Å². The molecule has 0 spiro atoms. The molecule has 1 aromatic carbocycles. The first kappa shape index (κ1) is 17.0. The number of thioether (sulfide) groups is 1. The van der Waals surface area contributed by atoms with Gasteiger partial charge in [0.05, 0.1) is 17.9 Å². The van der Waals surface area contributed by atoms with Crippen LogP contribution in [-0.4, -0.2) is 32.4 Å². The van der Waals surface area contributed by atoms with Gasteiger partial charge in [-0.3, -0.25) is 4.79 Å². The topological polar surface area (TPSA) is 67.2 Å². The maximum absolute atomic E-state index is 12.3.